The summed E-state index contributed by atoms with van der Waals surface area (Å²) in [7, 11) is -0.883. The van der Waals surface area contributed by atoms with Crippen LogP contribution in [0.4, 0.5) is 11.4 Å². The van der Waals surface area contributed by atoms with Crippen molar-refractivity contribution in [1.29, 1.82) is 0 Å². The van der Waals surface area contributed by atoms with Crippen molar-refractivity contribution < 1.29 is 9.85 Å². The van der Waals surface area contributed by atoms with Gasteiger partial charge in [0.05, 0.1) is 9.85 Å². The summed E-state index contributed by atoms with van der Waals surface area (Å²) in [6.07, 6.45) is 3.02. The summed E-state index contributed by atoms with van der Waals surface area (Å²) in [5.74, 6) is 0. The zero-order valence-electron chi connectivity index (χ0n) is 17.1. The van der Waals surface area contributed by atoms with E-state index in [9.17, 15) is 20.2 Å². The number of hydrogen-bond acceptors (Lipinski definition) is 4. The highest BCUT2D eigenvalue weighted by molar-refractivity contribution is 7.63. The average molecular weight is 442 g/mol. The average Bonchev–Trinajstić information content (AvgIpc) is 3.40. The van der Waals surface area contributed by atoms with Gasteiger partial charge in [0.15, 0.2) is 0 Å². The third-order valence-electron chi connectivity index (χ3n) is 5.95. The first-order chi connectivity index (χ1) is 15.5. The summed E-state index contributed by atoms with van der Waals surface area (Å²) in [4.78, 5) is 21.6. The van der Waals surface area contributed by atoms with Crippen LogP contribution in [-0.2, 0) is 12.8 Å². The van der Waals surface area contributed by atoms with Crippen molar-refractivity contribution in [2.45, 2.75) is 19.3 Å². The number of nitro benzene ring substituents is 2. The molecule has 6 nitrogen and oxygen atoms in total. The van der Waals surface area contributed by atoms with Crippen molar-refractivity contribution in [2.75, 3.05) is 0 Å². The van der Waals surface area contributed by atoms with E-state index in [2.05, 4.69) is 12.1 Å². The van der Waals surface area contributed by atoms with E-state index < -0.39 is 7.53 Å². The molecule has 0 aliphatic heterocycles. The van der Waals surface area contributed by atoms with Gasteiger partial charge in [0.1, 0.15) is 0 Å². The third-order valence-corrected chi connectivity index (χ3v) is 8.72. The number of hydrogen-bond donors (Lipinski definition) is 0. The molecule has 0 atom stereocenters. The van der Waals surface area contributed by atoms with Gasteiger partial charge in [0, 0.05) is 34.9 Å². The second-order valence-electron chi connectivity index (χ2n) is 7.79. The van der Waals surface area contributed by atoms with Crippen molar-refractivity contribution in [2.24, 2.45) is 0 Å². The summed E-state index contributed by atoms with van der Waals surface area (Å²) in [5, 5.41) is 26.0. The normalized spacial score (nSPS) is 12.5. The lowest BCUT2D eigenvalue weighted by Crippen LogP contribution is -1.88. The van der Waals surface area contributed by atoms with Crippen LogP contribution in [0.15, 0.2) is 78.9 Å². The second kappa shape index (κ2) is 8.06. The molecule has 32 heavy (non-hydrogen) atoms. The fraction of sp³-hybridized carbons (Fsp3) is 0.120. The summed E-state index contributed by atoms with van der Waals surface area (Å²) in [6.45, 7) is 0. The maximum absolute atomic E-state index is 11.2. The smallest absolute Gasteiger partial charge is 0.258 e. The maximum atomic E-state index is 11.2. The molecule has 1 heterocycles. The van der Waals surface area contributed by atoms with Gasteiger partial charge in [0.25, 0.3) is 11.4 Å². The van der Waals surface area contributed by atoms with Gasteiger partial charge in [-0.15, -0.1) is 0 Å². The molecule has 1 aliphatic carbocycles. The summed E-state index contributed by atoms with van der Waals surface area (Å²) >= 11 is 0. The van der Waals surface area contributed by atoms with Crippen molar-refractivity contribution in [1.82, 2.24) is 0 Å². The van der Waals surface area contributed by atoms with Crippen LogP contribution < -0.4 is 0 Å². The molecule has 3 aromatic carbocycles. The zero-order chi connectivity index (χ0) is 22.2. The Morgan fingerprint density at radius 3 is 1.47 bits per heavy atom. The van der Waals surface area contributed by atoms with Gasteiger partial charge in [-0.05, 0) is 71.1 Å². The predicted molar refractivity (Wildman–Crippen MR) is 127 cm³/mol. The molecule has 0 radical (unpaired) electrons. The van der Waals surface area contributed by atoms with Gasteiger partial charge < -0.3 is 0 Å². The Hall–Kier alpha value is -3.76. The zero-order valence-corrected chi connectivity index (χ0v) is 18.0. The molecule has 0 saturated carbocycles. The van der Waals surface area contributed by atoms with Crippen LogP contribution in [0, 0.1) is 20.2 Å². The summed E-state index contributed by atoms with van der Waals surface area (Å²) in [6, 6.07) is 24.0. The largest absolute Gasteiger partial charge is 0.269 e. The SMILES string of the molecule is O=[N+]([O-])c1ccc(-c2c3c(c(-c4ccc([N+](=O)[O-])cc4)p2-c2ccccc2)CCC3)cc1. The number of non-ortho nitro benzene ring substituents is 2. The molecule has 0 saturated heterocycles. The predicted octanol–water partition coefficient (Wildman–Crippen LogP) is 7.30. The lowest BCUT2D eigenvalue weighted by Gasteiger charge is -2.13. The van der Waals surface area contributed by atoms with Crippen molar-refractivity contribution in [3.63, 3.8) is 0 Å². The first kappa shape index (κ1) is 20.2. The second-order valence-corrected chi connectivity index (χ2v) is 9.87. The molecule has 0 N–H and O–H groups in total. The molecule has 0 bridgehead atoms. The quantitative estimate of drug-likeness (QED) is 0.240. The fourth-order valence-electron chi connectivity index (χ4n) is 4.57. The Balaban J connectivity index is 1.78. The summed E-state index contributed by atoms with van der Waals surface area (Å²) < 4.78 is 0. The number of nitrogens with zero attached hydrogens (tertiary/aromatic N) is 2. The summed E-state index contributed by atoms with van der Waals surface area (Å²) in [5.41, 5.74) is 4.85. The molecule has 7 heteroatoms. The molecule has 0 amide bonds. The Morgan fingerprint density at radius 2 is 1.06 bits per heavy atom. The van der Waals surface area contributed by atoms with Crippen LogP contribution in [0.1, 0.15) is 17.5 Å². The number of fused-ring (bicyclic) bond motifs is 1. The van der Waals surface area contributed by atoms with Gasteiger partial charge >= 0.3 is 0 Å². The molecule has 5 rings (SSSR count). The molecular weight excluding hydrogens is 423 g/mol. The van der Waals surface area contributed by atoms with Crippen LogP contribution in [-0.4, -0.2) is 9.85 Å². The number of benzene rings is 3. The van der Waals surface area contributed by atoms with Gasteiger partial charge in [-0.1, -0.05) is 37.9 Å². The Kier molecular flexibility index (Phi) is 5.08. The topological polar surface area (TPSA) is 86.3 Å². The lowest BCUT2D eigenvalue weighted by molar-refractivity contribution is -0.385. The van der Waals surface area contributed by atoms with Gasteiger partial charge in [0.2, 0.25) is 0 Å². The molecule has 158 valence electrons. The lowest BCUT2D eigenvalue weighted by atomic mass is 10.0. The van der Waals surface area contributed by atoms with Gasteiger partial charge in [-0.25, -0.2) is 0 Å². The van der Waals surface area contributed by atoms with E-state index in [4.69, 9.17) is 0 Å². The third kappa shape index (κ3) is 3.39. The maximum Gasteiger partial charge on any atom is 0.269 e. The highest BCUT2D eigenvalue weighted by Crippen LogP contribution is 2.62. The van der Waals surface area contributed by atoms with Gasteiger partial charge in [-0.3, -0.25) is 20.2 Å². The highest BCUT2D eigenvalue weighted by Gasteiger charge is 2.29. The van der Waals surface area contributed by atoms with Crippen LogP contribution in [0.5, 0.6) is 0 Å². The molecule has 0 fully saturated rings. The van der Waals surface area contributed by atoms with Crippen molar-refractivity contribution >= 4 is 18.9 Å². The van der Waals surface area contributed by atoms with Crippen LogP contribution in [0.3, 0.4) is 0 Å². The van der Waals surface area contributed by atoms with E-state index in [1.807, 2.05) is 42.5 Å². The molecule has 1 aromatic heterocycles. The highest BCUT2D eigenvalue weighted by atomic mass is 31.1. The van der Waals surface area contributed by atoms with Crippen molar-refractivity contribution in [3.8, 4) is 27.0 Å². The van der Waals surface area contributed by atoms with E-state index in [0.29, 0.717) is 0 Å². The first-order valence-electron chi connectivity index (χ1n) is 10.4. The van der Waals surface area contributed by atoms with Gasteiger partial charge in [-0.2, -0.15) is 0 Å². The van der Waals surface area contributed by atoms with E-state index in [1.165, 1.54) is 27.0 Å². The van der Waals surface area contributed by atoms with E-state index in [0.717, 1.165) is 30.4 Å². The molecular formula is C25H19N2O4P. The Morgan fingerprint density at radius 1 is 0.625 bits per heavy atom. The molecule has 0 spiro atoms. The number of nitro groups is 2. The van der Waals surface area contributed by atoms with Crippen LogP contribution in [0.2, 0.25) is 0 Å². The minimum Gasteiger partial charge on any atom is -0.258 e. The first-order valence-corrected chi connectivity index (χ1v) is 11.7. The van der Waals surface area contributed by atoms with E-state index in [-0.39, 0.29) is 21.2 Å². The fourth-order valence-corrected chi connectivity index (χ4v) is 7.63. The minimum atomic E-state index is -0.883. The molecule has 0 unspecified atom stereocenters. The van der Waals surface area contributed by atoms with Crippen LogP contribution >= 0.6 is 7.53 Å². The van der Waals surface area contributed by atoms with Crippen LogP contribution in [0.25, 0.3) is 27.0 Å². The van der Waals surface area contributed by atoms with Crippen molar-refractivity contribution in [3.05, 3.63) is 110 Å². The number of rotatable bonds is 5. The molecule has 4 aromatic rings. The minimum absolute atomic E-state index is 0.0802. The molecule has 1 aliphatic rings. The van der Waals surface area contributed by atoms with E-state index in [1.54, 1.807) is 24.3 Å². The Labute approximate surface area is 185 Å². The van der Waals surface area contributed by atoms with E-state index >= 15 is 0 Å². The Bertz CT molecular complexity index is 1240. The standard InChI is InChI=1S/C25H19N2O4P/c28-26(29)19-13-9-17(10-14-19)24-22-7-4-8-23(22)25(32(24)21-5-2-1-3-6-21)18-11-15-20(16-12-18)27(30)31/h1-3,5-6,9-16H,4,7-8H2. The monoisotopic (exact) mass is 442 g/mol.